The van der Waals surface area contributed by atoms with Gasteiger partial charge in [-0.05, 0) is 43.4 Å². The van der Waals surface area contributed by atoms with Crippen LogP contribution in [0.5, 0.6) is 5.75 Å². The first-order valence-electron chi connectivity index (χ1n) is 8.86. The fraction of sp³-hybridized carbons (Fsp3) is 0.611. The minimum absolute atomic E-state index is 0.0868. The van der Waals surface area contributed by atoms with Crippen LogP contribution in [-0.4, -0.2) is 50.6 Å². The van der Waals surface area contributed by atoms with Crippen molar-refractivity contribution in [2.75, 3.05) is 25.9 Å². The van der Waals surface area contributed by atoms with Crippen LogP contribution >= 0.6 is 11.6 Å². The second-order valence-corrected chi connectivity index (χ2v) is 9.45. The molecule has 0 aliphatic carbocycles. The Hall–Kier alpha value is -1.31. The van der Waals surface area contributed by atoms with E-state index >= 15 is 0 Å². The Kier molecular flexibility index (Phi) is 7.32. The average molecular weight is 403 g/mol. The third kappa shape index (κ3) is 6.14. The molecule has 0 bridgehead atoms. The molecule has 1 aromatic carbocycles. The van der Waals surface area contributed by atoms with Crippen molar-refractivity contribution in [3.63, 3.8) is 0 Å². The quantitative estimate of drug-likeness (QED) is 0.760. The van der Waals surface area contributed by atoms with E-state index in [1.165, 1.54) is 10.6 Å². The fourth-order valence-corrected chi connectivity index (χ4v) is 3.87. The molecule has 26 heavy (non-hydrogen) atoms. The number of halogens is 1. The number of hydrogen-bond acceptors (Lipinski definition) is 4. The molecule has 1 N–H and O–H groups in total. The molecule has 0 spiro atoms. The van der Waals surface area contributed by atoms with Crippen LogP contribution in [0.1, 0.15) is 43.5 Å². The van der Waals surface area contributed by atoms with Crippen LogP contribution in [0, 0.1) is 5.92 Å². The van der Waals surface area contributed by atoms with E-state index in [9.17, 15) is 13.2 Å². The molecule has 0 saturated carbocycles. The topological polar surface area (TPSA) is 75.7 Å². The van der Waals surface area contributed by atoms with Gasteiger partial charge in [-0.25, -0.2) is 12.7 Å². The number of amides is 1. The van der Waals surface area contributed by atoms with Gasteiger partial charge in [0.1, 0.15) is 11.9 Å². The van der Waals surface area contributed by atoms with Gasteiger partial charge >= 0.3 is 0 Å². The van der Waals surface area contributed by atoms with Crippen LogP contribution in [0.4, 0.5) is 0 Å². The Morgan fingerprint density at radius 2 is 2.00 bits per heavy atom. The molecule has 0 unspecified atom stereocenters. The summed E-state index contributed by atoms with van der Waals surface area (Å²) in [5.74, 6) is 0.896. The summed E-state index contributed by atoms with van der Waals surface area (Å²) in [4.78, 5) is 12.1. The lowest BCUT2D eigenvalue weighted by molar-refractivity contribution is 0.0952. The molecular formula is C18H27ClN2O4S. The van der Waals surface area contributed by atoms with Crippen molar-refractivity contribution in [1.29, 1.82) is 0 Å². The Bertz CT molecular complexity index is 729. The lowest BCUT2D eigenvalue weighted by Crippen LogP contribution is -2.41. The molecule has 1 aliphatic heterocycles. The van der Waals surface area contributed by atoms with E-state index in [0.29, 0.717) is 54.7 Å². The van der Waals surface area contributed by atoms with E-state index < -0.39 is 10.0 Å². The van der Waals surface area contributed by atoms with Gasteiger partial charge < -0.3 is 10.1 Å². The molecule has 1 aliphatic rings. The van der Waals surface area contributed by atoms with Crippen molar-refractivity contribution in [2.45, 2.75) is 39.2 Å². The lowest BCUT2D eigenvalue weighted by atomic mass is 10.1. The third-order valence-electron chi connectivity index (χ3n) is 4.36. The predicted molar refractivity (Wildman–Crippen MR) is 103 cm³/mol. The zero-order chi connectivity index (χ0) is 19.3. The molecular weight excluding hydrogens is 376 g/mol. The Morgan fingerprint density at radius 1 is 1.35 bits per heavy atom. The zero-order valence-corrected chi connectivity index (χ0v) is 17.1. The van der Waals surface area contributed by atoms with Gasteiger partial charge in [0.2, 0.25) is 10.0 Å². The first-order valence-corrected chi connectivity index (χ1v) is 11.1. The van der Waals surface area contributed by atoms with Crippen molar-refractivity contribution < 1.29 is 17.9 Å². The van der Waals surface area contributed by atoms with Gasteiger partial charge in [-0.2, -0.15) is 0 Å². The highest BCUT2D eigenvalue weighted by Crippen LogP contribution is 2.28. The molecule has 6 nitrogen and oxygen atoms in total. The average Bonchev–Trinajstić information content (AvgIpc) is 2.56. The summed E-state index contributed by atoms with van der Waals surface area (Å²) in [6.07, 6.45) is 3.28. The minimum Gasteiger partial charge on any atom is -0.489 e. The molecule has 1 amide bonds. The molecule has 8 heteroatoms. The minimum atomic E-state index is -3.15. The molecule has 0 aromatic heterocycles. The number of ether oxygens (including phenoxy) is 1. The third-order valence-corrected chi connectivity index (χ3v) is 5.96. The van der Waals surface area contributed by atoms with Crippen LogP contribution in [-0.2, 0) is 10.0 Å². The second-order valence-electron chi connectivity index (χ2n) is 7.06. The number of carbonyl (C=O) groups is 1. The van der Waals surface area contributed by atoms with E-state index in [2.05, 4.69) is 19.2 Å². The van der Waals surface area contributed by atoms with E-state index in [1.54, 1.807) is 18.2 Å². The molecule has 0 radical (unpaired) electrons. The van der Waals surface area contributed by atoms with Gasteiger partial charge in [0, 0.05) is 25.2 Å². The number of rotatable bonds is 7. The Morgan fingerprint density at radius 3 is 2.54 bits per heavy atom. The normalized spacial score (nSPS) is 16.7. The molecule has 1 aromatic rings. The Balaban J connectivity index is 1.91. The van der Waals surface area contributed by atoms with E-state index in [-0.39, 0.29) is 12.0 Å². The zero-order valence-electron chi connectivity index (χ0n) is 15.5. The summed E-state index contributed by atoms with van der Waals surface area (Å²) in [5, 5.41) is 3.26. The highest BCUT2D eigenvalue weighted by Gasteiger charge is 2.26. The monoisotopic (exact) mass is 402 g/mol. The van der Waals surface area contributed by atoms with Crippen LogP contribution in [0.3, 0.4) is 0 Å². The number of piperidine rings is 1. The number of nitrogens with one attached hydrogen (secondary N) is 1. The molecule has 146 valence electrons. The number of benzene rings is 1. The summed E-state index contributed by atoms with van der Waals surface area (Å²) >= 11 is 6.27. The van der Waals surface area contributed by atoms with Crippen LogP contribution < -0.4 is 10.1 Å². The van der Waals surface area contributed by atoms with E-state index in [0.717, 1.165) is 6.42 Å². The van der Waals surface area contributed by atoms with Crippen molar-refractivity contribution in [3.05, 3.63) is 28.8 Å². The highest BCUT2D eigenvalue weighted by molar-refractivity contribution is 7.88. The van der Waals surface area contributed by atoms with Crippen molar-refractivity contribution in [3.8, 4) is 5.75 Å². The molecule has 1 saturated heterocycles. The maximum atomic E-state index is 12.1. The number of sulfonamides is 1. The standard InChI is InChI=1S/C18H27ClN2O4S/c1-13(2)6-9-20-18(22)14-4-5-17(16(19)12-14)25-15-7-10-21(11-8-15)26(3,23)24/h4-5,12-13,15H,6-11H2,1-3H3,(H,20,22). The first-order chi connectivity index (χ1) is 12.2. The van der Waals surface area contributed by atoms with Crippen molar-refractivity contribution in [2.24, 2.45) is 5.92 Å². The van der Waals surface area contributed by atoms with Gasteiger partial charge in [-0.3, -0.25) is 4.79 Å². The maximum Gasteiger partial charge on any atom is 0.251 e. The van der Waals surface area contributed by atoms with Gasteiger partial charge in [-0.15, -0.1) is 0 Å². The van der Waals surface area contributed by atoms with E-state index in [4.69, 9.17) is 16.3 Å². The summed E-state index contributed by atoms with van der Waals surface area (Å²) in [6, 6.07) is 4.99. The number of nitrogens with zero attached hydrogens (tertiary/aromatic N) is 1. The van der Waals surface area contributed by atoms with Gasteiger partial charge in [0.15, 0.2) is 0 Å². The number of hydrogen-bond donors (Lipinski definition) is 1. The summed E-state index contributed by atoms with van der Waals surface area (Å²) in [7, 11) is -3.15. The lowest BCUT2D eigenvalue weighted by Gasteiger charge is -2.30. The van der Waals surface area contributed by atoms with Gasteiger partial charge in [0.05, 0.1) is 11.3 Å². The highest BCUT2D eigenvalue weighted by atomic mass is 35.5. The van der Waals surface area contributed by atoms with E-state index in [1.807, 2.05) is 0 Å². The SMILES string of the molecule is CC(C)CCNC(=O)c1ccc(OC2CCN(S(C)(=O)=O)CC2)c(Cl)c1. The van der Waals surface area contributed by atoms with Gasteiger partial charge in [0.25, 0.3) is 5.91 Å². The molecule has 1 fully saturated rings. The van der Waals surface area contributed by atoms with Crippen molar-refractivity contribution in [1.82, 2.24) is 9.62 Å². The molecule has 0 atom stereocenters. The summed E-state index contributed by atoms with van der Waals surface area (Å²) in [5.41, 5.74) is 0.498. The smallest absolute Gasteiger partial charge is 0.251 e. The summed E-state index contributed by atoms with van der Waals surface area (Å²) < 4.78 is 30.5. The maximum absolute atomic E-state index is 12.1. The van der Waals surface area contributed by atoms with Crippen molar-refractivity contribution >= 4 is 27.5 Å². The largest absolute Gasteiger partial charge is 0.489 e. The fourth-order valence-electron chi connectivity index (χ4n) is 2.78. The molecule has 1 heterocycles. The van der Waals surface area contributed by atoms with Crippen LogP contribution in [0.2, 0.25) is 5.02 Å². The molecule has 2 rings (SSSR count). The van der Waals surface area contributed by atoms with Crippen LogP contribution in [0.25, 0.3) is 0 Å². The number of carbonyl (C=O) groups excluding carboxylic acids is 1. The van der Waals surface area contributed by atoms with Gasteiger partial charge in [-0.1, -0.05) is 25.4 Å². The first kappa shape index (κ1) is 21.0. The van der Waals surface area contributed by atoms with Crippen LogP contribution in [0.15, 0.2) is 18.2 Å². The second kappa shape index (κ2) is 9.06. The summed E-state index contributed by atoms with van der Waals surface area (Å²) in [6.45, 7) is 5.73. The predicted octanol–water partition coefficient (Wildman–Crippen LogP) is 2.92. The Labute approximate surface area is 160 Å².